The maximum Gasteiger partial charge on any atom is 0.306 e. The van der Waals surface area contributed by atoms with E-state index in [2.05, 4.69) is 0 Å². The number of fused-ring (bicyclic) bond motifs is 5. The Hall–Kier alpha value is -1.91. The Labute approximate surface area is 217 Å². The number of aliphatic hydroxyl groups is 1. The van der Waals surface area contributed by atoms with Gasteiger partial charge in [0.1, 0.15) is 6.61 Å². The minimum atomic E-state index is -3.96. The standard InChI is InChI=1S/C27H37FO8S/c1-6-7-23(32)36-27(22(31)15-35-37(5,33)34)16(2)12-20-19-9-8-17-13-18(29)10-11-24(17,3)26(19,28)21(30)14-25(20,27)4/h10-11,13,16,19-21,30H,6-9,12,14-15H2,1-5H3/t16-,19-,20-,21-,24-,25-,26-,27-/m0/s1. The number of carbonyl (C=O) groups is 3. The van der Waals surface area contributed by atoms with E-state index in [4.69, 9.17) is 8.92 Å². The van der Waals surface area contributed by atoms with Gasteiger partial charge in [-0.2, -0.15) is 8.42 Å². The van der Waals surface area contributed by atoms with E-state index in [1.807, 2.05) is 0 Å². The zero-order valence-corrected chi connectivity index (χ0v) is 22.9. The number of halogens is 1. The maximum atomic E-state index is 17.4. The Bertz CT molecular complexity index is 1180. The van der Waals surface area contributed by atoms with Gasteiger partial charge in [0.15, 0.2) is 17.1 Å². The highest BCUT2D eigenvalue weighted by Gasteiger charge is 2.77. The first-order valence-electron chi connectivity index (χ1n) is 13.0. The van der Waals surface area contributed by atoms with Crippen LogP contribution in [0, 0.1) is 28.6 Å². The molecule has 0 bridgehead atoms. The number of hydrogen-bond acceptors (Lipinski definition) is 8. The zero-order valence-electron chi connectivity index (χ0n) is 22.1. The highest BCUT2D eigenvalue weighted by Crippen LogP contribution is 2.71. The predicted molar refractivity (Wildman–Crippen MR) is 132 cm³/mol. The van der Waals surface area contributed by atoms with Crippen molar-refractivity contribution < 1.29 is 41.2 Å². The lowest BCUT2D eigenvalue weighted by atomic mass is 9.44. The molecule has 4 aliphatic carbocycles. The third kappa shape index (κ3) is 3.97. The van der Waals surface area contributed by atoms with E-state index >= 15 is 4.39 Å². The molecule has 0 radical (unpaired) electrons. The average molecular weight is 541 g/mol. The van der Waals surface area contributed by atoms with Crippen molar-refractivity contribution in [2.75, 3.05) is 12.9 Å². The molecule has 0 spiro atoms. The van der Waals surface area contributed by atoms with E-state index in [9.17, 15) is 27.9 Å². The number of carbonyl (C=O) groups excluding carboxylic acids is 3. The first-order valence-corrected chi connectivity index (χ1v) is 14.8. The second-order valence-corrected chi connectivity index (χ2v) is 13.4. The van der Waals surface area contributed by atoms with Gasteiger partial charge in [-0.3, -0.25) is 18.6 Å². The lowest BCUT2D eigenvalue weighted by Gasteiger charge is -2.62. The summed E-state index contributed by atoms with van der Waals surface area (Å²) in [5, 5.41) is 11.5. The second kappa shape index (κ2) is 9.09. The number of allylic oxidation sites excluding steroid dienone is 4. The van der Waals surface area contributed by atoms with E-state index < -0.39 is 74.4 Å². The third-order valence-corrected chi connectivity index (χ3v) is 10.3. The first-order chi connectivity index (χ1) is 17.1. The molecule has 3 fully saturated rings. The van der Waals surface area contributed by atoms with E-state index in [1.165, 1.54) is 12.2 Å². The number of ether oxygens (including phenoxy) is 1. The van der Waals surface area contributed by atoms with Crippen molar-refractivity contribution in [1.82, 2.24) is 0 Å². The Morgan fingerprint density at radius 1 is 1.24 bits per heavy atom. The van der Waals surface area contributed by atoms with Crippen LogP contribution in [0.3, 0.4) is 0 Å². The van der Waals surface area contributed by atoms with Crippen molar-refractivity contribution in [1.29, 1.82) is 0 Å². The summed E-state index contributed by atoms with van der Waals surface area (Å²) >= 11 is 0. The summed E-state index contributed by atoms with van der Waals surface area (Å²) in [5.74, 6) is -3.22. The molecule has 0 unspecified atom stereocenters. The van der Waals surface area contributed by atoms with Crippen molar-refractivity contribution in [2.24, 2.45) is 28.6 Å². The molecule has 3 saturated carbocycles. The van der Waals surface area contributed by atoms with Crippen LogP contribution in [0.5, 0.6) is 0 Å². The number of ketones is 2. The normalized spacial score (nSPS) is 42.9. The van der Waals surface area contributed by atoms with Crippen LogP contribution >= 0.6 is 0 Å². The highest BCUT2D eigenvalue weighted by molar-refractivity contribution is 7.86. The van der Waals surface area contributed by atoms with Crippen molar-refractivity contribution in [3.8, 4) is 0 Å². The number of alkyl halides is 1. The second-order valence-electron chi connectivity index (χ2n) is 11.8. The number of Topliss-reactive ketones (excluding diaryl/α,β-unsaturated/α-hetero) is 1. The Morgan fingerprint density at radius 2 is 1.92 bits per heavy atom. The fourth-order valence-corrected chi connectivity index (χ4v) is 8.42. The smallest absolute Gasteiger partial charge is 0.306 e. The quantitative estimate of drug-likeness (QED) is 0.386. The number of esters is 1. The Balaban J connectivity index is 1.82. The summed E-state index contributed by atoms with van der Waals surface area (Å²) in [5.41, 5.74) is -5.60. The monoisotopic (exact) mass is 540 g/mol. The molecular weight excluding hydrogens is 503 g/mol. The van der Waals surface area contributed by atoms with Gasteiger partial charge in [0, 0.05) is 29.1 Å². The summed E-state index contributed by atoms with van der Waals surface area (Å²) in [6.07, 6.45) is 5.19. The van der Waals surface area contributed by atoms with Crippen LogP contribution in [0.4, 0.5) is 4.39 Å². The van der Waals surface area contributed by atoms with Crippen LogP contribution in [-0.2, 0) is 33.4 Å². The summed E-state index contributed by atoms with van der Waals surface area (Å²) in [4.78, 5) is 38.7. The van der Waals surface area contributed by atoms with Crippen molar-refractivity contribution in [2.45, 2.75) is 83.6 Å². The van der Waals surface area contributed by atoms with E-state index in [0.717, 1.165) is 6.26 Å². The Morgan fingerprint density at radius 3 is 2.54 bits per heavy atom. The zero-order chi connectivity index (χ0) is 27.6. The van der Waals surface area contributed by atoms with Crippen LogP contribution in [0.25, 0.3) is 0 Å². The third-order valence-electron chi connectivity index (χ3n) is 9.73. The molecule has 0 heterocycles. The van der Waals surface area contributed by atoms with Crippen molar-refractivity contribution in [3.05, 3.63) is 23.8 Å². The largest absolute Gasteiger partial charge is 0.450 e. The molecule has 206 valence electrons. The number of hydrogen-bond donors (Lipinski definition) is 1. The summed E-state index contributed by atoms with van der Waals surface area (Å²) in [7, 11) is -3.96. The molecule has 37 heavy (non-hydrogen) atoms. The minimum Gasteiger partial charge on any atom is -0.450 e. The van der Waals surface area contributed by atoms with Gasteiger partial charge < -0.3 is 9.84 Å². The van der Waals surface area contributed by atoms with Gasteiger partial charge in [0.05, 0.1) is 12.4 Å². The molecule has 1 N–H and O–H groups in total. The Kier molecular flexibility index (Phi) is 6.90. The topological polar surface area (TPSA) is 124 Å². The van der Waals surface area contributed by atoms with Crippen molar-refractivity contribution >= 4 is 27.7 Å². The van der Waals surface area contributed by atoms with Crippen LogP contribution in [-0.4, -0.2) is 61.3 Å². The molecule has 0 aromatic heterocycles. The van der Waals surface area contributed by atoms with Gasteiger partial charge in [-0.15, -0.1) is 0 Å². The van der Waals surface area contributed by atoms with Gasteiger partial charge in [-0.1, -0.05) is 32.4 Å². The lowest BCUT2D eigenvalue weighted by Crippen LogP contribution is -2.70. The molecule has 0 saturated heterocycles. The fourth-order valence-electron chi connectivity index (χ4n) is 8.10. The van der Waals surface area contributed by atoms with Crippen LogP contribution in [0.2, 0.25) is 0 Å². The molecular formula is C27H37FO8S. The van der Waals surface area contributed by atoms with Crippen LogP contribution in [0.1, 0.15) is 66.2 Å². The average Bonchev–Trinajstić information content (AvgIpc) is 3.00. The molecule has 8 nitrogen and oxygen atoms in total. The van der Waals surface area contributed by atoms with Crippen molar-refractivity contribution in [3.63, 3.8) is 0 Å². The number of aliphatic hydroxyl groups excluding tert-OH is 1. The SMILES string of the molecule is CCCC(=O)O[C@]1(C(=O)COS(C)(=O)=O)[C@@H](C)C[C@H]2[C@@H]3CCC4=CC(=O)C=C[C@]4(C)[C@@]3(F)[C@@H](O)C[C@@]21C. The van der Waals surface area contributed by atoms with E-state index in [-0.39, 0.29) is 18.6 Å². The summed E-state index contributed by atoms with van der Waals surface area (Å²) in [6, 6.07) is 0. The number of rotatable bonds is 7. The van der Waals surface area contributed by atoms with Gasteiger partial charge in [-0.25, -0.2) is 4.39 Å². The van der Waals surface area contributed by atoms with Gasteiger partial charge in [0.25, 0.3) is 10.1 Å². The molecule has 0 aromatic carbocycles. The minimum absolute atomic E-state index is 0.0551. The maximum absolute atomic E-state index is 17.4. The molecule has 10 heteroatoms. The highest BCUT2D eigenvalue weighted by atomic mass is 32.2. The van der Waals surface area contributed by atoms with Gasteiger partial charge in [-0.05, 0) is 57.1 Å². The van der Waals surface area contributed by atoms with Crippen LogP contribution < -0.4 is 0 Å². The fraction of sp³-hybridized carbons (Fsp3) is 0.741. The predicted octanol–water partition coefficient (Wildman–Crippen LogP) is 3.23. The molecule has 4 aliphatic rings. The first kappa shape index (κ1) is 28.1. The lowest BCUT2D eigenvalue weighted by molar-refractivity contribution is -0.228. The molecule has 4 rings (SSSR count). The van der Waals surface area contributed by atoms with Gasteiger partial charge >= 0.3 is 5.97 Å². The van der Waals surface area contributed by atoms with E-state index in [0.29, 0.717) is 31.3 Å². The molecule has 8 atom stereocenters. The summed E-state index contributed by atoms with van der Waals surface area (Å²) in [6.45, 7) is 6.18. The molecule has 0 aliphatic heterocycles. The summed E-state index contributed by atoms with van der Waals surface area (Å²) < 4.78 is 51.6. The van der Waals surface area contributed by atoms with E-state index in [1.54, 1.807) is 33.8 Å². The van der Waals surface area contributed by atoms with Crippen LogP contribution in [0.15, 0.2) is 23.8 Å². The molecule has 0 aromatic rings. The van der Waals surface area contributed by atoms with Gasteiger partial charge in [0.2, 0.25) is 5.78 Å². The molecule has 0 amide bonds.